The van der Waals surface area contributed by atoms with E-state index in [1.54, 1.807) is 4.68 Å². The molecule has 1 aromatic heterocycles. The van der Waals surface area contributed by atoms with Crippen molar-refractivity contribution in [2.45, 2.75) is 50.2 Å². The van der Waals surface area contributed by atoms with E-state index in [2.05, 4.69) is 22.4 Å². The van der Waals surface area contributed by atoms with Crippen LogP contribution in [-0.4, -0.2) is 45.8 Å². The minimum Gasteiger partial charge on any atom is -0.348 e. The number of piperidine rings is 2. The Morgan fingerprint density at radius 3 is 2.54 bits per heavy atom. The second-order valence-electron chi connectivity index (χ2n) is 7.04. The molecule has 2 aliphatic rings. The lowest BCUT2D eigenvalue weighted by Gasteiger charge is -2.47. The van der Waals surface area contributed by atoms with Gasteiger partial charge in [0.2, 0.25) is 0 Å². The van der Waals surface area contributed by atoms with E-state index in [1.807, 2.05) is 31.3 Å². The summed E-state index contributed by atoms with van der Waals surface area (Å²) in [6.07, 6.45) is 5.97. The average Bonchev–Trinajstić information content (AvgIpc) is 2.84. The Kier molecular flexibility index (Phi) is 4.83. The van der Waals surface area contributed by atoms with Gasteiger partial charge in [0, 0.05) is 30.6 Å². The topological polar surface area (TPSA) is 50.2 Å². The SMILES string of the molecule is CN1[C@@H]2CCC[C@H]1C[C@@H](NC(=O)c1c3ccccc3nn1C)C2.Cl. The summed E-state index contributed by atoms with van der Waals surface area (Å²) in [6.45, 7) is 0. The highest BCUT2D eigenvalue weighted by Crippen LogP contribution is 2.32. The Labute approximate surface area is 148 Å². The van der Waals surface area contributed by atoms with Crippen LogP contribution in [0.2, 0.25) is 0 Å². The van der Waals surface area contributed by atoms with Gasteiger partial charge in [-0.25, -0.2) is 0 Å². The van der Waals surface area contributed by atoms with Crippen LogP contribution >= 0.6 is 12.4 Å². The van der Waals surface area contributed by atoms with Crippen LogP contribution in [0.3, 0.4) is 0 Å². The zero-order valence-corrected chi connectivity index (χ0v) is 15.1. The molecule has 2 aliphatic heterocycles. The maximum absolute atomic E-state index is 12.8. The molecule has 3 heterocycles. The minimum absolute atomic E-state index is 0. The first-order valence-corrected chi connectivity index (χ1v) is 8.58. The highest BCUT2D eigenvalue weighted by molar-refractivity contribution is 6.05. The summed E-state index contributed by atoms with van der Waals surface area (Å²) in [6, 6.07) is 9.36. The third kappa shape index (κ3) is 2.91. The van der Waals surface area contributed by atoms with Crippen LogP contribution in [0.4, 0.5) is 0 Å². The summed E-state index contributed by atoms with van der Waals surface area (Å²) in [5, 5.41) is 8.65. The third-order valence-electron chi connectivity index (χ3n) is 5.63. The molecule has 24 heavy (non-hydrogen) atoms. The van der Waals surface area contributed by atoms with Gasteiger partial charge < -0.3 is 10.2 Å². The smallest absolute Gasteiger partial charge is 0.270 e. The van der Waals surface area contributed by atoms with Gasteiger partial charge in [-0.2, -0.15) is 5.10 Å². The van der Waals surface area contributed by atoms with Crippen LogP contribution in [0.15, 0.2) is 24.3 Å². The second kappa shape index (κ2) is 6.73. The van der Waals surface area contributed by atoms with Crippen LogP contribution in [-0.2, 0) is 7.05 Å². The molecular weight excluding hydrogens is 324 g/mol. The minimum atomic E-state index is 0. The summed E-state index contributed by atoms with van der Waals surface area (Å²) in [4.78, 5) is 15.3. The van der Waals surface area contributed by atoms with Crippen molar-refractivity contribution >= 4 is 29.2 Å². The Morgan fingerprint density at radius 1 is 1.17 bits per heavy atom. The van der Waals surface area contributed by atoms with Gasteiger partial charge >= 0.3 is 0 Å². The van der Waals surface area contributed by atoms with E-state index in [0.717, 1.165) is 23.7 Å². The molecule has 0 saturated carbocycles. The molecule has 2 saturated heterocycles. The molecule has 3 atom stereocenters. The molecule has 5 nitrogen and oxygen atoms in total. The standard InChI is InChI=1S/C18H24N4O.ClH/c1-21-13-6-5-7-14(21)11-12(10-13)19-18(23)17-15-8-3-4-9-16(15)20-22(17)2;/h3-4,8-9,12-14H,5-7,10-11H2,1-2H3,(H,19,23);1H/t12-,13+,14-;. The largest absolute Gasteiger partial charge is 0.348 e. The molecule has 4 rings (SSSR count). The number of hydrogen-bond donors (Lipinski definition) is 1. The molecule has 0 radical (unpaired) electrons. The molecule has 2 fully saturated rings. The molecule has 130 valence electrons. The first-order valence-electron chi connectivity index (χ1n) is 8.58. The van der Waals surface area contributed by atoms with Crippen LogP contribution in [0.25, 0.3) is 10.9 Å². The quantitative estimate of drug-likeness (QED) is 0.907. The van der Waals surface area contributed by atoms with Gasteiger partial charge in [0.15, 0.2) is 0 Å². The maximum atomic E-state index is 12.8. The number of amides is 1. The Bertz CT molecular complexity index is 730. The summed E-state index contributed by atoms with van der Waals surface area (Å²) in [5.41, 5.74) is 1.55. The lowest BCUT2D eigenvalue weighted by molar-refractivity contribution is 0.0461. The maximum Gasteiger partial charge on any atom is 0.270 e. The third-order valence-corrected chi connectivity index (χ3v) is 5.63. The molecule has 2 aromatic rings. The molecule has 1 N–H and O–H groups in total. The average molecular weight is 349 g/mol. The van der Waals surface area contributed by atoms with Crippen molar-refractivity contribution < 1.29 is 4.79 Å². The lowest BCUT2D eigenvalue weighted by Crippen LogP contribution is -2.55. The molecule has 0 aliphatic carbocycles. The fraction of sp³-hybridized carbons (Fsp3) is 0.556. The Hall–Kier alpha value is -1.59. The van der Waals surface area contributed by atoms with E-state index < -0.39 is 0 Å². The number of rotatable bonds is 2. The second-order valence-corrected chi connectivity index (χ2v) is 7.04. The molecule has 6 heteroatoms. The Morgan fingerprint density at radius 2 is 1.83 bits per heavy atom. The van der Waals surface area contributed by atoms with Gasteiger partial charge in [0.25, 0.3) is 5.91 Å². The summed E-state index contributed by atoms with van der Waals surface area (Å²) >= 11 is 0. The number of aromatic nitrogens is 2. The van der Waals surface area contributed by atoms with E-state index in [4.69, 9.17) is 0 Å². The summed E-state index contributed by atoms with van der Waals surface area (Å²) < 4.78 is 1.70. The fourth-order valence-electron chi connectivity index (χ4n) is 4.40. The van der Waals surface area contributed by atoms with Gasteiger partial charge in [-0.15, -0.1) is 12.4 Å². The van der Waals surface area contributed by atoms with Crippen molar-refractivity contribution in [2.75, 3.05) is 7.05 Å². The van der Waals surface area contributed by atoms with E-state index in [0.29, 0.717) is 17.8 Å². The Balaban J connectivity index is 0.00000169. The lowest BCUT2D eigenvalue weighted by atomic mass is 9.82. The number of carbonyl (C=O) groups is 1. The number of aryl methyl sites for hydroxylation is 1. The van der Waals surface area contributed by atoms with E-state index in [1.165, 1.54) is 19.3 Å². The van der Waals surface area contributed by atoms with Crippen molar-refractivity contribution in [3.05, 3.63) is 30.0 Å². The number of hydrogen-bond acceptors (Lipinski definition) is 3. The normalized spacial score (nSPS) is 26.8. The van der Waals surface area contributed by atoms with Crippen molar-refractivity contribution in [3.8, 4) is 0 Å². The zero-order valence-electron chi connectivity index (χ0n) is 14.2. The van der Waals surface area contributed by atoms with Crippen molar-refractivity contribution in [1.82, 2.24) is 20.0 Å². The monoisotopic (exact) mass is 348 g/mol. The number of fused-ring (bicyclic) bond motifs is 3. The van der Waals surface area contributed by atoms with Gasteiger partial charge in [0.05, 0.1) is 5.52 Å². The van der Waals surface area contributed by atoms with Crippen LogP contribution in [0, 0.1) is 0 Å². The van der Waals surface area contributed by atoms with Gasteiger partial charge in [0.1, 0.15) is 5.69 Å². The van der Waals surface area contributed by atoms with E-state index in [9.17, 15) is 4.79 Å². The van der Waals surface area contributed by atoms with Crippen molar-refractivity contribution in [2.24, 2.45) is 7.05 Å². The van der Waals surface area contributed by atoms with E-state index in [-0.39, 0.29) is 24.4 Å². The van der Waals surface area contributed by atoms with Crippen molar-refractivity contribution in [1.29, 1.82) is 0 Å². The number of nitrogens with zero attached hydrogens (tertiary/aromatic N) is 3. The molecule has 1 aromatic carbocycles. The first kappa shape index (κ1) is 17.2. The number of carbonyl (C=O) groups excluding carboxylic acids is 1. The molecule has 0 spiro atoms. The van der Waals surface area contributed by atoms with Crippen LogP contribution < -0.4 is 5.32 Å². The predicted octanol–water partition coefficient (Wildman–Crippen LogP) is 2.74. The highest BCUT2D eigenvalue weighted by Gasteiger charge is 2.36. The number of halogens is 1. The van der Waals surface area contributed by atoms with Crippen LogP contribution in [0.1, 0.15) is 42.6 Å². The predicted molar refractivity (Wildman–Crippen MR) is 97.6 cm³/mol. The van der Waals surface area contributed by atoms with E-state index >= 15 is 0 Å². The summed E-state index contributed by atoms with van der Waals surface area (Å²) in [5.74, 6) is 0.00817. The first-order chi connectivity index (χ1) is 11.1. The number of nitrogens with one attached hydrogen (secondary N) is 1. The van der Waals surface area contributed by atoms with Crippen LogP contribution in [0.5, 0.6) is 0 Å². The van der Waals surface area contributed by atoms with Crippen molar-refractivity contribution in [3.63, 3.8) is 0 Å². The fourth-order valence-corrected chi connectivity index (χ4v) is 4.40. The summed E-state index contributed by atoms with van der Waals surface area (Å²) in [7, 11) is 4.08. The van der Waals surface area contributed by atoms with Gasteiger partial charge in [-0.05, 0) is 38.8 Å². The zero-order chi connectivity index (χ0) is 16.0. The van der Waals surface area contributed by atoms with Gasteiger partial charge in [-0.1, -0.05) is 24.6 Å². The molecular formula is C18H25ClN4O. The van der Waals surface area contributed by atoms with Gasteiger partial charge in [-0.3, -0.25) is 9.48 Å². The highest BCUT2D eigenvalue weighted by atomic mass is 35.5. The molecule has 0 unspecified atom stereocenters. The number of benzene rings is 1. The molecule has 1 amide bonds. The molecule has 2 bridgehead atoms.